The van der Waals surface area contributed by atoms with Crippen molar-refractivity contribution in [1.82, 2.24) is 20.5 Å². The van der Waals surface area contributed by atoms with Crippen molar-refractivity contribution in [2.24, 2.45) is 0 Å². The van der Waals surface area contributed by atoms with Gasteiger partial charge in [-0.1, -0.05) is 6.07 Å². The first kappa shape index (κ1) is 11.7. The molecule has 1 unspecified atom stereocenters. The number of nitrogens with zero attached hydrogens (tertiary/aromatic N) is 2. The van der Waals surface area contributed by atoms with Crippen molar-refractivity contribution in [2.75, 3.05) is 7.05 Å². The van der Waals surface area contributed by atoms with Crippen LogP contribution in [0.5, 0.6) is 0 Å². The highest BCUT2D eigenvalue weighted by Crippen LogP contribution is 2.18. The van der Waals surface area contributed by atoms with Crippen molar-refractivity contribution in [3.63, 3.8) is 0 Å². The average Bonchev–Trinajstić information content (AvgIpc) is 2.84. The van der Waals surface area contributed by atoms with Crippen LogP contribution in [0.25, 0.3) is 0 Å². The predicted molar refractivity (Wildman–Crippen MR) is 63.0 cm³/mol. The van der Waals surface area contributed by atoms with Crippen LogP contribution in [0, 0.1) is 12.7 Å². The molecule has 0 spiro atoms. The van der Waals surface area contributed by atoms with E-state index in [9.17, 15) is 4.39 Å². The van der Waals surface area contributed by atoms with Crippen molar-refractivity contribution in [3.8, 4) is 0 Å². The Balaban J connectivity index is 2.21. The molecular formula is C12H15FN4. The molecule has 1 aromatic carbocycles. The summed E-state index contributed by atoms with van der Waals surface area (Å²) < 4.78 is 13.2. The number of likely N-dealkylation sites (N-methyl/N-ethyl adjacent to an activating group) is 1. The van der Waals surface area contributed by atoms with Gasteiger partial charge in [0.2, 0.25) is 0 Å². The molecule has 5 heteroatoms. The van der Waals surface area contributed by atoms with Gasteiger partial charge < -0.3 is 5.32 Å². The van der Waals surface area contributed by atoms with E-state index in [4.69, 9.17) is 0 Å². The first-order valence-electron chi connectivity index (χ1n) is 5.48. The average molecular weight is 234 g/mol. The molecule has 0 saturated heterocycles. The highest BCUT2D eigenvalue weighted by molar-refractivity contribution is 5.27. The lowest BCUT2D eigenvalue weighted by Gasteiger charge is -2.14. The van der Waals surface area contributed by atoms with Gasteiger partial charge in [-0.05, 0) is 43.7 Å². The molecule has 4 nitrogen and oxygen atoms in total. The minimum Gasteiger partial charge on any atom is -0.310 e. The van der Waals surface area contributed by atoms with Gasteiger partial charge in [0.15, 0.2) is 0 Å². The first-order chi connectivity index (χ1) is 8.20. The molecule has 0 saturated carbocycles. The second-order valence-electron chi connectivity index (χ2n) is 3.99. The number of aryl methyl sites for hydroxylation is 1. The molecule has 2 rings (SSSR count). The van der Waals surface area contributed by atoms with Crippen LogP contribution in [-0.4, -0.2) is 22.2 Å². The minimum absolute atomic E-state index is 0.0120. The number of hydrogen-bond donors (Lipinski definition) is 2. The number of hydrogen-bond acceptors (Lipinski definition) is 3. The van der Waals surface area contributed by atoms with Crippen LogP contribution in [-0.2, 0) is 6.42 Å². The Bertz CT molecular complexity index is 481. The fourth-order valence-corrected chi connectivity index (χ4v) is 1.80. The number of nitrogens with one attached hydrogen (secondary N) is 2. The second kappa shape index (κ2) is 5.05. The van der Waals surface area contributed by atoms with Crippen molar-refractivity contribution in [3.05, 3.63) is 47.3 Å². The third kappa shape index (κ3) is 2.68. The van der Waals surface area contributed by atoms with Crippen LogP contribution in [0.15, 0.2) is 24.5 Å². The Morgan fingerprint density at radius 3 is 2.94 bits per heavy atom. The highest BCUT2D eigenvalue weighted by Gasteiger charge is 2.14. The standard InChI is InChI=1S/C12H15FN4/c1-8-3-4-10(13)5-9(8)6-11(14-2)12-15-7-16-17-12/h3-5,7,11,14H,6H2,1-2H3,(H,15,16,17). The zero-order valence-corrected chi connectivity index (χ0v) is 9.87. The highest BCUT2D eigenvalue weighted by atomic mass is 19.1. The van der Waals surface area contributed by atoms with Crippen molar-refractivity contribution >= 4 is 0 Å². The second-order valence-corrected chi connectivity index (χ2v) is 3.99. The molecule has 17 heavy (non-hydrogen) atoms. The maximum Gasteiger partial charge on any atom is 0.141 e. The van der Waals surface area contributed by atoms with Gasteiger partial charge in [0.1, 0.15) is 18.0 Å². The molecule has 1 aromatic heterocycles. The smallest absolute Gasteiger partial charge is 0.141 e. The molecule has 0 amide bonds. The van der Waals surface area contributed by atoms with Crippen LogP contribution >= 0.6 is 0 Å². The summed E-state index contributed by atoms with van der Waals surface area (Å²) in [5, 5.41) is 9.79. The summed E-state index contributed by atoms with van der Waals surface area (Å²) >= 11 is 0. The quantitative estimate of drug-likeness (QED) is 0.847. The number of halogens is 1. The summed E-state index contributed by atoms with van der Waals surface area (Å²) in [6.07, 6.45) is 2.15. The van der Waals surface area contributed by atoms with E-state index in [-0.39, 0.29) is 11.9 Å². The SMILES string of the molecule is CNC(Cc1cc(F)ccc1C)c1ncn[nH]1. The van der Waals surface area contributed by atoms with Gasteiger partial charge in [0, 0.05) is 0 Å². The maximum atomic E-state index is 13.2. The third-order valence-corrected chi connectivity index (χ3v) is 2.85. The molecule has 2 N–H and O–H groups in total. The maximum absolute atomic E-state index is 13.2. The molecule has 0 aliphatic rings. The lowest BCUT2D eigenvalue weighted by Crippen LogP contribution is -2.20. The Morgan fingerprint density at radius 1 is 1.47 bits per heavy atom. The molecular weight excluding hydrogens is 219 g/mol. The summed E-state index contributed by atoms with van der Waals surface area (Å²) in [5.41, 5.74) is 2.05. The van der Waals surface area contributed by atoms with E-state index in [2.05, 4.69) is 20.5 Å². The molecule has 1 heterocycles. The van der Waals surface area contributed by atoms with Gasteiger partial charge in [0.25, 0.3) is 0 Å². The number of benzene rings is 1. The fraction of sp³-hybridized carbons (Fsp3) is 0.333. The van der Waals surface area contributed by atoms with E-state index in [0.717, 1.165) is 17.0 Å². The lowest BCUT2D eigenvalue weighted by atomic mass is 10.0. The number of rotatable bonds is 4. The van der Waals surface area contributed by atoms with Crippen LogP contribution in [0.1, 0.15) is 23.0 Å². The Kier molecular flexibility index (Phi) is 3.49. The predicted octanol–water partition coefficient (Wildman–Crippen LogP) is 1.76. The zero-order chi connectivity index (χ0) is 12.3. The van der Waals surface area contributed by atoms with Crippen LogP contribution < -0.4 is 5.32 Å². The van der Waals surface area contributed by atoms with E-state index in [1.165, 1.54) is 12.4 Å². The van der Waals surface area contributed by atoms with Gasteiger partial charge in [-0.15, -0.1) is 0 Å². The zero-order valence-electron chi connectivity index (χ0n) is 9.87. The summed E-state index contributed by atoms with van der Waals surface area (Å²) in [7, 11) is 1.85. The molecule has 0 bridgehead atoms. The Labute approximate surface area is 99.3 Å². The summed E-state index contributed by atoms with van der Waals surface area (Å²) in [6.45, 7) is 1.97. The molecule has 90 valence electrons. The topological polar surface area (TPSA) is 53.6 Å². The van der Waals surface area contributed by atoms with Gasteiger partial charge in [0.05, 0.1) is 6.04 Å². The number of H-pyrrole nitrogens is 1. The molecule has 0 aliphatic heterocycles. The van der Waals surface area contributed by atoms with E-state index >= 15 is 0 Å². The Hall–Kier alpha value is -1.75. The largest absolute Gasteiger partial charge is 0.310 e. The molecule has 2 aromatic rings. The number of aromatic nitrogens is 3. The van der Waals surface area contributed by atoms with E-state index in [1.54, 1.807) is 12.1 Å². The van der Waals surface area contributed by atoms with Crippen molar-refractivity contribution in [2.45, 2.75) is 19.4 Å². The molecule has 1 atom stereocenters. The summed E-state index contributed by atoms with van der Waals surface area (Å²) in [6, 6.07) is 4.84. The minimum atomic E-state index is -0.210. The summed E-state index contributed by atoms with van der Waals surface area (Å²) in [4.78, 5) is 4.11. The van der Waals surface area contributed by atoms with Crippen LogP contribution in [0.3, 0.4) is 0 Å². The molecule has 0 fully saturated rings. The van der Waals surface area contributed by atoms with E-state index in [0.29, 0.717) is 6.42 Å². The van der Waals surface area contributed by atoms with Gasteiger partial charge >= 0.3 is 0 Å². The van der Waals surface area contributed by atoms with Crippen molar-refractivity contribution < 1.29 is 4.39 Å². The van der Waals surface area contributed by atoms with Crippen molar-refractivity contribution in [1.29, 1.82) is 0 Å². The molecule has 0 aliphatic carbocycles. The van der Waals surface area contributed by atoms with Gasteiger partial charge in [-0.25, -0.2) is 9.37 Å². The monoisotopic (exact) mass is 234 g/mol. The first-order valence-corrected chi connectivity index (χ1v) is 5.48. The van der Waals surface area contributed by atoms with Gasteiger partial charge in [-0.2, -0.15) is 5.10 Å². The van der Waals surface area contributed by atoms with Gasteiger partial charge in [-0.3, -0.25) is 5.10 Å². The number of aromatic amines is 1. The lowest BCUT2D eigenvalue weighted by molar-refractivity contribution is 0.554. The summed E-state index contributed by atoms with van der Waals surface area (Å²) in [5.74, 6) is 0.550. The Morgan fingerprint density at radius 2 is 2.29 bits per heavy atom. The normalized spacial score (nSPS) is 12.6. The third-order valence-electron chi connectivity index (χ3n) is 2.85. The fourth-order valence-electron chi connectivity index (χ4n) is 1.80. The van der Waals surface area contributed by atoms with E-state index in [1.807, 2.05) is 14.0 Å². The van der Waals surface area contributed by atoms with Crippen LogP contribution in [0.2, 0.25) is 0 Å². The van der Waals surface area contributed by atoms with Crippen LogP contribution in [0.4, 0.5) is 4.39 Å². The van der Waals surface area contributed by atoms with E-state index < -0.39 is 0 Å². The molecule has 0 radical (unpaired) electrons.